The maximum Gasteiger partial charge on any atom is 0.182 e. The van der Waals surface area contributed by atoms with E-state index in [1.165, 1.54) is 73.6 Å². The monoisotopic (exact) mass is 627 g/mol. The van der Waals surface area contributed by atoms with Crippen molar-refractivity contribution >= 4 is 47.7 Å². The summed E-state index contributed by atoms with van der Waals surface area (Å²) in [6.45, 7) is 8.00. The predicted octanol–water partition coefficient (Wildman–Crippen LogP) is 5.83. The molecule has 4 aromatic rings. The Kier molecular flexibility index (Phi) is 13.8. The molecule has 0 atom stereocenters. The van der Waals surface area contributed by atoms with E-state index in [0.29, 0.717) is 0 Å². The van der Waals surface area contributed by atoms with Crippen molar-refractivity contribution in [1.82, 2.24) is 0 Å². The molecule has 0 bridgehead atoms. The van der Waals surface area contributed by atoms with Crippen LogP contribution in [0, 0.1) is 0 Å². The normalized spacial score (nSPS) is 18.4. The summed E-state index contributed by atoms with van der Waals surface area (Å²) in [4.78, 5) is 0. The second kappa shape index (κ2) is 18.2. The number of ether oxygens (including phenoxy) is 4. The van der Waals surface area contributed by atoms with Crippen LogP contribution in [0.3, 0.4) is 0 Å². The summed E-state index contributed by atoms with van der Waals surface area (Å²) in [7, 11) is -2.15. The Balaban J connectivity index is 0.000000160. The molecule has 4 fully saturated rings. The molecule has 6 aliphatic rings. The molecule has 1 spiro atoms. The summed E-state index contributed by atoms with van der Waals surface area (Å²) in [5.41, 5.74) is 5.71. The summed E-state index contributed by atoms with van der Waals surface area (Å²) >= 11 is 0. The van der Waals surface area contributed by atoms with Gasteiger partial charge in [-0.3, -0.25) is 0 Å². The average molecular weight is 628 g/mol. The van der Waals surface area contributed by atoms with E-state index < -0.39 is 8.07 Å². The molecule has 0 saturated carbocycles. The van der Waals surface area contributed by atoms with E-state index in [0.717, 1.165) is 52.9 Å². The maximum atomic E-state index is 4.94. The predicted molar refractivity (Wildman–Crippen MR) is 194 cm³/mol. The number of fused-ring (bicyclic) bond motifs is 10. The van der Waals surface area contributed by atoms with Gasteiger partial charge in [0.1, 0.15) is 0 Å². The second-order valence-corrected chi connectivity index (χ2v) is 15.9. The van der Waals surface area contributed by atoms with E-state index in [4.69, 9.17) is 18.9 Å². The van der Waals surface area contributed by atoms with E-state index in [1.807, 2.05) is 0 Å². The standard InChI is InChI=1S/C24H16Si.4C4H8O.Li/c1-5-13-21-17(9-1)18-10-2-6-14-22(18)25(21)23-15-7-3-11-19(23)20-12-4-8-16-24(20)25;4*1-2-4-5-3-1;/h1-16H;4*1-4H2;. The average Bonchev–Trinajstić information content (AvgIpc) is 3.98. The molecule has 0 aliphatic carbocycles. The first kappa shape index (κ1) is 34.9. The van der Waals surface area contributed by atoms with Gasteiger partial charge in [-0.2, -0.15) is 0 Å². The minimum Gasteiger partial charge on any atom is -0.381 e. The van der Waals surface area contributed by atoms with Gasteiger partial charge in [0.15, 0.2) is 8.07 Å². The number of hydrogen-bond donors (Lipinski definition) is 0. The van der Waals surface area contributed by atoms with Crippen LogP contribution in [0.2, 0.25) is 0 Å². The summed E-state index contributed by atoms with van der Waals surface area (Å²) in [6.07, 6.45) is 10.2. The van der Waals surface area contributed by atoms with Gasteiger partial charge < -0.3 is 18.9 Å². The molecule has 0 N–H and O–H groups in total. The smallest absolute Gasteiger partial charge is 0.182 e. The van der Waals surface area contributed by atoms with Crippen molar-refractivity contribution in [2.24, 2.45) is 0 Å². The van der Waals surface area contributed by atoms with Gasteiger partial charge in [0, 0.05) is 71.7 Å². The third-order valence-electron chi connectivity index (χ3n) is 9.21. The van der Waals surface area contributed by atoms with Crippen LogP contribution >= 0.6 is 0 Å². The molecule has 4 aromatic carbocycles. The van der Waals surface area contributed by atoms with Crippen molar-refractivity contribution in [2.45, 2.75) is 51.4 Å². The van der Waals surface area contributed by atoms with Crippen LogP contribution in [0.15, 0.2) is 97.1 Å². The van der Waals surface area contributed by atoms with Gasteiger partial charge in [-0.25, -0.2) is 0 Å². The van der Waals surface area contributed by atoms with E-state index >= 15 is 0 Å². The van der Waals surface area contributed by atoms with Gasteiger partial charge in [0.05, 0.1) is 0 Å². The fraction of sp³-hybridized carbons (Fsp3) is 0.400. The molecule has 6 heteroatoms. The molecule has 46 heavy (non-hydrogen) atoms. The van der Waals surface area contributed by atoms with E-state index in [9.17, 15) is 0 Å². The zero-order chi connectivity index (χ0) is 30.6. The molecule has 0 amide bonds. The Labute approximate surface area is 289 Å². The minimum absolute atomic E-state index is 0. The molecule has 0 unspecified atom stereocenters. The van der Waals surface area contributed by atoms with Crippen molar-refractivity contribution in [3.05, 3.63) is 97.1 Å². The van der Waals surface area contributed by atoms with Crippen molar-refractivity contribution in [3.63, 3.8) is 0 Å². The summed E-state index contributed by atoms with van der Waals surface area (Å²) in [5.74, 6) is 0. The summed E-state index contributed by atoms with van der Waals surface area (Å²) in [6, 6.07) is 36.3. The molecule has 1 radical (unpaired) electrons. The number of hydrogen-bond acceptors (Lipinski definition) is 4. The Hall–Kier alpha value is -2.47. The van der Waals surface area contributed by atoms with Gasteiger partial charge in [0.2, 0.25) is 0 Å². The zero-order valence-corrected chi connectivity index (χ0v) is 28.7. The van der Waals surface area contributed by atoms with Crippen LogP contribution in [0.1, 0.15) is 51.4 Å². The van der Waals surface area contributed by atoms with Crippen LogP contribution in [0.4, 0.5) is 0 Å². The van der Waals surface area contributed by atoms with Gasteiger partial charge in [-0.15, -0.1) is 0 Å². The summed E-state index contributed by atoms with van der Waals surface area (Å²) in [5, 5.41) is 6.20. The van der Waals surface area contributed by atoms with E-state index in [-0.39, 0.29) is 18.9 Å². The van der Waals surface area contributed by atoms with Gasteiger partial charge in [-0.1, -0.05) is 97.1 Å². The number of rotatable bonds is 0. The van der Waals surface area contributed by atoms with E-state index in [1.54, 1.807) is 20.7 Å². The topological polar surface area (TPSA) is 36.9 Å². The minimum atomic E-state index is -2.15. The maximum absolute atomic E-state index is 4.94. The fourth-order valence-corrected chi connectivity index (χ4v) is 12.7. The first-order valence-corrected chi connectivity index (χ1v) is 19.1. The van der Waals surface area contributed by atoms with Crippen molar-refractivity contribution in [1.29, 1.82) is 0 Å². The van der Waals surface area contributed by atoms with Crippen molar-refractivity contribution < 1.29 is 18.9 Å². The molecule has 6 aliphatic heterocycles. The van der Waals surface area contributed by atoms with Gasteiger partial charge in [0.25, 0.3) is 0 Å². The third-order valence-corrected chi connectivity index (χ3v) is 14.2. The molecule has 6 heterocycles. The Morgan fingerprint density at radius 3 is 0.674 bits per heavy atom. The molecule has 0 aromatic heterocycles. The zero-order valence-electron chi connectivity index (χ0n) is 27.7. The van der Waals surface area contributed by atoms with Crippen molar-refractivity contribution in [2.75, 3.05) is 52.9 Å². The quantitative estimate of drug-likeness (QED) is 0.199. The van der Waals surface area contributed by atoms with Crippen LogP contribution in [0.25, 0.3) is 22.3 Å². The number of benzene rings is 4. The Morgan fingerprint density at radius 1 is 0.304 bits per heavy atom. The Bertz CT molecular complexity index is 1230. The molecule has 4 saturated heterocycles. The molecule has 10 rings (SSSR count). The Morgan fingerprint density at radius 2 is 0.500 bits per heavy atom. The SMILES string of the molecule is C1CCOC1.C1CCOC1.C1CCOC1.C1CCOC1.[Li].c1ccc2c(c1)-c1ccccc1[Si]21c2ccccc2-c2ccccc21. The summed E-state index contributed by atoms with van der Waals surface area (Å²) < 4.78 is 19.8. The molecular weight excluding hydrogens is 579 g/mol. The van der Waals surface area contributed by atoms with Crippen LogP contribution in [0.5, 0.6) is 0 Å². The van der Waals surface area contributed by atoms with Crippen molar-refractivity contribution in [3.8, 4) is 22.3 Å². The van der Waals surface area contributed by atoms with Gasteiger partial charge in [-0.05, 0) is 94.4 Å². The second-order valence-electron chi connectivity index (χ2n) is 12.2. The molecular formula is C40H48LiO4Si. The third kappa shape index (κ3) is 7.80. The molecule has 4 nitrogen and oxygen atoms in total. The first-order valence-electron chi connectivity index (χ1n) is 17.1. The van der Waals surface area contributed by atoms with Crippen LogP contribution in [-0.2, 0) is 18.9 Å². The fourth-order valence-electron chi connectivity index (χ4n) is 7.09. The van der Waals surface area contributed by atoms with E-state index in [2.05, 4.69) is 97.1 Å². The van der Waals surface area contributed by atoms with Crippen LogP contribution < -0.4 is 20.7 Å². The van der Waals surface area contributed by atoms with Gasteiger partial charge >= 0.3 is 0 Å². The van der Waals surface area contributed by atoms with Crippen LogP contribution in [-0.4, -0.2) is 79.8 Å². The first-order chi connectivity index (χ1) is 22.4. The largest absolute Gasteiger partial charge is 0.381 e. The molecule has 237 valence electrons.